The molecule has 1 N–H and O–H groups in total. The standard InChI is InChI=1S/C14H12N2OS/c17-10-1-3-12-4-6-13(7-5-12)11-18-14-15-8-2-9-16-14/h2,4-9,17H,10-11H2. The summed E-state index contributed by atoms with van der Waals surface area (Å²) in [6.07, 6.45) is 3.48. The van der Waals surface area contributed by atoms with Crippen LogP contribution in [-0.2, 0) is 5.75 Å². The summed E-state index contributed by atoms with van der Waals surface area (Å²) < 4.78 is 0. The van der Waals surface area contributed by atoms with E-state index in [2.05, 4.69) is 21.8 Å². The molecule has 0 unspecified atom stereocenters. The van der Waals surface area contributed by atoms with Gasteiger partial charge in [-0.15, -0.1) is 0 Å². The predicted molar refractivity (Wildman–Crippen MR) is 72.0 cm³/mol. The highest BCUT2D eigenvalue weighted by atomic mass is 32.2. The van der Waals surface area contributed by atoms with E-state index in [0.29, 0.717) is 0 Å². The summed E-state index contributed by atoms with van der Waals surface area (Å²) in [6.45, 7) is -0.108. The van der Waals surface area contributed by atoms with Crippen LogP contribution >= 0.6 is 11.8 Å². The van der Waals surface area contributed by atoms with E-state index in [1.54, 1.807) is 30.2 Å². The summed E-state index contributed by atoms with van der Waals surface area (Å²) in [6, 6.07) is 9.75. The lowest BCUT2D eigenvalue weighted by molar-refractivity contribution is 0.350. The first-order chi connectivity index (χ1) is 8.88. The smallest absolute Gasteiger partial charge is 0.187 e. The molecular formula is C14H12N2OS. The molecule has 0 bridgehead atoms. The van der Waals surface area contributed by atoms with Gasteiger partial charge in [-0.05, 0) is 23.8 Å². The zero-order valence-corrected chi connectivity index (χ0v) is 10.5. The van der Waals surface area contributed by atoms with Gasteiger partial charge in [-0.3, -0.25) is 0 Å². The molecule has 2 aromatic rings. The van der Waals surface area contributed by atoms with Crippen molar-refractivity contribution in [3.63, 3.8) is 0 Å². The zero-order valence-electron chi connectivity index (χ0n) is 9.71. The minimum Gasteiger partial charge on any atom is -0.384 e. The minimum atomic E-state index is -0.108. The van der Waals surface area contributed by atoms with Crippen molar-refractivity contribution in [3.8, 4) is 11.8 Å². The third-order valence-electron chi connectivity index (χ3n) is 2.18. The molecule has 0 amide bonds. The van der Waals surface area contributed by atoms with Crippen molar-refractivity contribution >= 4 is 11.8 Å². The molecule has 0 saturated carbocycles. The van der Waals surface area contributed by atoms with Crippen LogP contribution in [0, 0.1) is 11.8 Å². The van der Waals surface area contributed by atoms with E-state index in [-0.39, 0.29) is 6.61 Å². The SMILES string of the molecule is OCC#Cc1ccc(CSc2ncccn2)cc1. The third kappa shape index (κ3) is 3.88. The van der Waals surface area contributed by atoms with E-state index >= 15 is 0 Å². The molecule has 0 aliphatic carbocycles. The number of nitrogens with zero attached hydrogens (tertiary/aromatic N) is 2. The topological polar surface area (TPSA) is 46.0 Å². The second-order valence-corrected chi connectivity index (χ2v) is 4.42. The zero-order chi connectivity index (χ0) is 12.6. The summed E-state index contributed by atoms with van der Waals surface area (Å²) in [4.78, 5) is 8.31. The fourth-order valence-corrected chi connectivity index (χ4v) is 2.09. The molecule has 90 valence electrons. The Morgan fingerprint density at radius 2 is 1.83 bits per heavy atom. The van der Waals surface area contributed by atoms with E-state index in [9.17, 15) is 0 Å². The second-order valence-electron chi connectivity index (χ2n) is 3.48. The van der Waals surface area contributed by atoms with Crippen molar-refractivity contribution in [1.82, 2.24) is 9.97 Å². The van der Waals surface area contributed by atoms with Gasteiger partial charge in [0.15, 0.2) is 5.16 Å². The summed E-state index contributed by atoms with van der Waals surface area (Å²) in [7, 11) is 0. The normalized spacial score (nSPS) is 9.61. The van der Waals surface area contributed by atoms with Gasteiger partial charge in [0.05, 0.1) is 0 Å². The predicted octanol–water partition coefficient (Wildman–Crippen LogP) is 2.11. The Bertz CT molecular complexity index is 544. The van der Waals surface area contributed by atoms with Crippen LogP contribution in [0.4, 0.5) is 0 Å². The molecule has 0 radical (unpaired) electrons. The van der Waals surface area contributed by atoms with E-state index in [1.165, 1.54) is 5.56 Å². The van der Waals surface area contributed by atoms with Gasteiger partial charge < -0.3 is 5.11 Å². The Hall–Kier alpha value is -1.83. The Kier molecular flexibility index (Phi) is 4.77. The van der Waals surface area contributed by atoms with Crippen molar-refractivity contribution in [1.29, 1.82) is 0 Å². The molecule has 1 aromatic heterocycles. The quantitative estimate of drug-likeness (QED) is 0.519. The Labute approximate surface area is 110 Å². The second kappa shape index (κ2) is 6.80. The van der Waals surface area contributed by atoms with Crippen LogP contribution < -0.4 is 0 Å². The molecule has 0 fully saturated rings. The maximum Gasteiger partial charge on any atom is 0.187 e. The highest BCUT2D eigenvalue weighted by molar-refractivity contribution is 7.98. The van der Waals surface area contributed by atoms with Crippen LogP contribution in [0.2, 0.25) is 0 Å². The fourth-order valence-electron chi connectivity index (χ4n) is 1.33. The van der Waals surface area contributed by atoms with Gasteiger partial charge in [-0.1, -0.05) is 35.7 Å². The molecule has 1 heterocycles. The molecule has 2 rings (SSSR count). The van der Waals surface area contributed by atoms with Gasteiger partial charge >= 0.3 is 0 Å². The highest BCUT2D eigenvalue weighted by Crippen LogP contribution is 2.18. The van der Waals surface area contributed by atoms with Gasteiger partial charge in [0.25, 0.3) is 0 Å². The number of aliphatic hydroxyl groups excluding tert-OH is 1. The lowest BCUT2D eigenvalue weighted by atomic mass is 10.1. The van der Waals surface area contributed by atoms with Gasteiger partial charge in [0.1, 0.15) is 6.61 Å². The Morgan fingerprint density at radius 3 is 2.50 bits per heavy atom. The van der Waals surface area contributed by atoms with E-state index in [4.69, 9.17) is 5.11 Å². The molecule has 0 spiro atoms. The molecule has 0 aliphatic rings. The summed E-state index contributed by atoms with van der Waals surface area (Å²) in [5.41, 5.74) is 2.11. The third-order valence-corrected chi connectivity index (χ3v) is 3.12. The highest BCUT2D eigenvalue weighted by Gasteiger charge is 1.98. The lowest BCUT2D eigenvalue weighted by Gasteiger charge is -2.00. The van der Waals surface area contributed by atoms with Crippen molar-refractivity contribution < 1.29 is 5.11 Å². The van der Waals surface area contributed by atoms with Gasteiger partial charge in [-0.2, -0.15) is 0 Å². The van der Waals surface area contributed by atoms with Gasteiger partial charge in [0, 0.05) is 23.7 Å². The minimum absolute atomic E-state index is 0.108. The van der Waals surface area contributed by atoms with Crippen LogP contribution in [0.25, 0.3) is 0 Å². The number of aliphatic hydroxyl groups is 1. The number of aromatic nitrogens is 2. The van der Waals surface area contributed by atoms with E-state index in [1.807, 2.05) is 24.3 Å². The number of benzene rings is 1. The van der Waals surface area contributed by atoms with Crippen LogP contribution in [0.15, 0.2) is 47.9 Å². The first kappa shape index (κ1) is 12.6. The first-order valence-corrected chi connectivity index (χ1v) is 6.45. The van der Waals surface area contributed by atoms with Gasteiger partial charge in [0.2, 0.25) is 0 Å². The van der Waals surface area contributed by atoms with E-state index < -0.39 is 0 Å². The average molecular weight is 256 g/mol. The molecule has 1 aromatic carbocycles. The number of hydrogen-bond acceptors (Lipinski definition) is 4. The number of thioether (sulfide) groups is 1. The van der Waals surface area contributed by atoms with Crippen molar-refractivity contribution in [2.45, 2.75) is 10.9 Å². The Morgan fingerprint density at radius 1 is 1.11 bits per heavy atom. The molecule has 3 nitrogen and oxygen atoms in total. The molecule has 0 aliphatic heterocycles. The lowest BCUT2D eigenvalue weighted by Crippen LogP contribution is -1.86. The molecule has 18 heavy (non-hydrogen) atoms. The first-order valence-electron chi connectivity index (χ1n) is 5.47. The number of hydrogen-bond donors (Lipinski definition) is 1. The summed E-state index contributed by atoms with van der Waals surface area (Å²) in [5.74, 6) is 6.32. The molecular weight excluding hydrogens is 244 g/mol. The van der Waals surface area contributed by atoms with Crippen LogP contribution in [0.1, 0.15) is 11.1 Å². The molecule has 0 saturated heterocycles. The average Bonchev–Trinajstić information content (AvgIpc) is 2.45. The van der Waals surface area contributed by atoms with Crippen molar-refractivity contribution in [2.75, 3.05) is 6.61 Å². The number of rotatable bonds is 3. The van der Waals surface area contributed by atoms with Crippen LogP contribution in [0.5, 0.6) is 0 Å². The van der Waals surface area contributed by atoms with Crippen molar-refractivity contribution in [2.24, 2.45) is 0 Å². The van der Waals surface area contributed by atoms with E-state index in [0.717, 1.165) is 16.5 Å². The maximum atomic E-state index is 8.60. The van der Waals surface area contributed by atoms with Crippen molar-refractivity contribution in [3.05, 3.63) is 53.9 Å². The van der Waals surface area contributed by atoms with Gasteiger partial charge in [-0.25, -0.2) is 9.97 Å². The largest absolute Gasteiger partial charge is 0.384 e. The summed E-state index contributed by atoms with van der Waals surface area (Å²) in [5, 5.41) is 9.38. The fraction of sp³-hybridized carbons (Fsp3) is 0.143. The Balaban J connectivity index is 1.94. The molecule has 4 heteroatoms. The molecule has 0 atom stereocenters. The maximum absolute atomic E-state index is 8.60. The van der Waals surface area contributed by atoms with Crippen LogP contribution in [-0.4, -0.2) is 21.7 Å². The summed E-state index contributed by atoms with van der Waals surface area (Å²) >= 11 is 1.60. The van der Waals surface area contributed by atoms with Crippen LogP contribution in [0.3, 0.4) is 0 Å². The monoisotopic (exact) mass is 256 g/mol.